The Hall–Kier alpha value is -2.55. The van der Waals surface area contributed by atoms with Gasteiger partial charge in [-0.2, -0.15) is 0 Å². The Morgan fingerprint density at radius 1 is 1.00 bits per heavy atom. The zero-order valence-corrected chi connectivity index (χ0v) is 14.7. The van der Waals surface area contributed by atoms with Crippen LogP contribution in [0.15, 0.2) is 59.5 Å². The van der Waals surface area contributed by atoms with Crippen molar-refractivity contribution in [3.8, 4) is 11.1 Å². The number of rotatable bonds is 2. The van der Waals surface area contributed by atoms with E-state index >= 15 is 0 Å². The maximum Gasteiger partial charge on any atom is 0.255 e. The maximum atomic E-state index is 12.0. The average Bonchev–Trinajstić information content (AvgIpc) is 2.87. The molecule has 2 heterocycles. The molecule has 0 bridgehead atoms. The quantitative estimate of drug-likeness (QED) is 0.730. The predicted molar refractivity (Wildman–Crippen MR) is 105 cm³/mol. The van der Waals surface area contributed by atoms with Crippen molar-refractivity contribution in [3.05, 3.63) is 65.1 Å². The highest BCUT2D eigenvalue weighted by Gasteiger charge is 2.15. The van der Waals surface area contributed by atoms with Crippen LogP contribution in [-0.2, 0) is 0 Å². The lowest BCUT2D eigenvalue weighted by atomic mass is 10.0. The molecule has 1 saturated heterocycles. The molecule has 0 radical (unpaired) electrons. The van der Waals surface area contributed by atoms with Crippen LogP contribution in [-0.4, -0.2) is 18.1 Å². The van der Waals surface area contributed by atoms with Crippen LogP contribution in [0.25, 0.3) is 21.9 Å². The molecule has 3 nitrogen and oxygen atoms in total. The third-order valence-corrected chi connectivity index (χ3v) is 5.26. The summed E-state index contributed by atoms with van der Waals surface area (Å²) in [6.07, 6.45) is 5.77. The number of nitrogens with zero attached hydrogens (tertiary/aromatic N) is 1. The van der Waals surface area contributed by atoms with E-state index in [9.17, 15) is 4.79 Å². The molecule has 1 atom stereocenters. The van der Waals surface area contributed by atoms with E-state index in [1.165, 1.54) is 24.9 Å². The van der Waals surface area contributed by atoms with Gasteiger partial charge in [0.15, 0.2) is 0 Å². The number of pyridine rings is 1. The summed E-state index contributed by atoms with van der Waals surface area (Å²) < 4.78 is 0. The van der Waals surface area contributed by atoms with Gasteiger partial charge in [-0.05, 0) is 47.9 Å². The standard InChI is InChI=1S/C22H24N2O/c1-16-6-4-5-13-24(15-16)18-11-9-17(10-12-18)21-14-23-22(25)20-8-3-2-7-19(20)21/h2-3,7-12,14,16H,4-6,13,15H2,1H3,(H,23,25). The molecule has 1 N–H and O–H groups in total. The Morgan fingerprint density at radius 2 is 1.76 bits per heavy atom. The van der Waals surface area contributed by atoms with Gasteiger partial charge in [0.2, 0.25) is 0 Å². The highest BCUT2D eigenvalue weighted by atomic mass is 16.1. The molecule has 1 fully saturated rings. The Bertz CT molecular complexity index is 927. The first-order valence-corrected chi connectivity index (χ1v) is 9.18. The van der Waals surface area contributed by atoms with Gasteiger partial charge in [0, 0.05) is 35.9 Å². The number of anilines is 1. The van der Waals surface area contributed by atoms with Crippen LogP contribution >= 0.6 is 0 Å². The topological polar surface area (TPSA) is 36.1 Å². The van der Waals surface area contributed by atoms with Crippen molar-refractivity contribution in [1.29, 1.82) is 0 Å². The Kier molecular flexibility index (Phi) is 4.31. The molecule has 0 saturated carbocycles. The summed E-state index contributed by atoms with van der Waals surface area (Å²) in [5.74, 6) is 0.755. The van der Waals surface area contributed by atoms with Gasteiger partial charge in [-0.15, -0.1) is 0 Å². The molecule has 3 heteroatoms. The lowest BCUT2D eigenvalue weighted by Gasteiger charge is -2.25. The molecule has 1 aromatic heterocycles. The summed E-state index contributed by atoms with van der Waals surface area (Å²) in [6, 6.07) is 16.6. The SMILES string of the molecule is CC1CCCCN(c2ccc(-c3c[nH]c(=O)c4ccccc34)cc2)C1. The van der Waals surface area contributed by atoms with Crippen LogP contribution in [0.5, 0.6) is 0 Å². The van der Waals surface area contributed by atoms with Gasteiger partial charge in [-0.25, -0.2) is 0 Å². The number of H-pyrrole nitrogens is 1. The first kappa shape index (κ1) is 15.9. The number of aromatic nitrogens is 1. The summed E-state index contributed by atoms with van der Waals surface area (Å²) in [7, 11) is 0. The molecule has 0 spiro atoms. The number of aromatic amines is 1. The van der Waals surface area contributed by atoms with E-state index in [0.717, 1.165) is 40.9 Å². The van der Waals surface area contributed by atoms with Gasteiger partial charge in [-0.1, -0.05) is 43.7 Å². The highest BCUT2D eigenvalue weighted by molar-refractivity contribution is 5.95. The average molecular weight is 332 g/mol. The van der Waals surface area contributed by atoms with Gasteiger partial charge in [0.05, 0.1) is 0 Å². The lowest BCUT2D eigenvalue weighted by molar-refractivity contribution is 0.545. The second-order valence-corrected chi connectivity index (χ2v) is 7.17. The number of hydrogen-bond acceptors (Lipinski definition) is 2. The zero-order valence-electron chi connectivity index (χ0n) is 14.7. The minimum absolute atomic E-state index is 0.0328. The molecule has 1 aliphatic heterocycles. The second kappa shape index (κ2) is 6.75. The zero-order chi connectivity index (χ0) is 17.2. The van der Waals surface area contributed by atoms with Gasteiger partial charge in [0.1, 0.15) is 0 Å². The van der Waals surface area contributed by atoms with Crippen molar-refractivity contribution in [2.75, 3.05) is 18.0 Å². The molecule has 2 aromatic carbocycles. The van der Waals surface area contributed by atoms with Crippen molar-refractivity contribution in [2.24, 2.45) is 5.92 Å². The molecule has 1 aliphatic rings. The number of benzene rings is 2. The van der Waals surface area contributed by atoms with Crippen molar-refractivity contribution in [2.45, 2.75) is 26.2 Å². The molecule has 128 valence electrons. The first-order chi connectivity index (χ1) is 12.2. The summed E-state index contributed by atoms with van der Waals surface area (Å²) in [4.78, 5) is 17.4. The van der Waals surface area contributed by atoms with Crippen LogP contribution < -0.4 is 10.5 Å². The molecule has 25 heavy (non-hydrogen) atoms. The third-order valence-electron chi connectivity index (χ3n) is 5.26. The number of fused-ring (bicyclic) bond motifs is 1. The van der Waals surface area contributed by atoms with E-state index in [1.807, 2.05) is 30.5 Å². The largest absolute Gasteiger partial charge is 0.371 e. The normalized spacial score (nSPS) is 18.3. The van der Waals surface area contributed by atoms with E-state index in [-0.39, 0.29) is 5.56 Å². The minimum Gasteiger partial charge on any atom is -0.371 e. The van der Waals surface area contributed by atoms with E-state index in [0.29, 0.717) is 0 Å². The van der Waals surface area contributed by atoms with E-state index in [1.54, 1.807) is 0 Å². The second-order valence-electron chi connectivity index (χ2n) is 7.17. The summed E-state index contributed by atoms with van der Waals surface area (Å²) >= 11 is 0. The van der Waals surface area contributed by atoms with Crippen LogP contribution in [0.2, 0.25) is 0 Å². The first-order valence-electron chi connectivity index (χ1n) is 9.18. The van der Waals surface area contributed by atoms with Crippen LogP contribution in [0, 0.1) is 5.92 Å². The minimum atomic E-state index is -0.0328. The van der Waals surface area contributed by atoms with Crippen LogP contribution in [0.4, 0.5) is 5.69 Å². The van der Waals surface area contributed by atoms with Gasteiger partial charge in [0.25, 0.3) is 5.56 Å². The molecular weight excluding hydrogens is 308 g/mol. The van der Waals surface area contributed by atoms with Crippen molar-refractivity contribution in [3.63, 3.8) is 0 Å². The van der Waals surface area contributed by atoms with Crippen molar-refractivity contribution in [1.82, 2.24) is 4.98 Å². The van der Waals surface area contributed by atoms with Gasteiger partial charge in [-0.3, -0.25) is 4.79 Å². The van der Waals surface area contributed by atoms with E-state index in [2.05, 4.69) is 41.1 Å². The third kappa shape index (κ3) is 3.19. The molecule has 4 rings (SSSR count). The van der Waals surface area contributed by atoms with Crippen molar-refractivity contribution >= 4 is 16.5 Å². The predicted octanol–water partition coefficient (Wildman–Crippen LogP) is 4.82. The maximum absolute atomic E-state index is 12.0. The lowest BCUT2D eigenvalue weighted by Crippen LogP contribution is -2.27. The van der Waals surface area contributed by atoms with E-state index in [4.69, 9.17) is 0 Å². The molecule has 0 amide bonds. The molecule has 3 aromatic rings. The summed E-state index contributed by atoms with van der Waals surface area (Å²) in [5.41, 5.74) is 3.48. The smallest absolute Gasteiger partial charge is 0.255 e. The van der Waals surface area contributed by atoms with Gasteiger partial charge < -0.3 is 9.88 Å². The fraction of sp³-hybridized carbons (Fsp3) is 0.318. The Morgan fingerprint density at radius 3 is 2.56 bits per heavy atom. The van der Waals surface area contributed by atoms with Crippen LogP contribution in [0.3, 0.4) is 0 Å². The van der Waals surface area contributed by atoms with Crippen molar-refractivity contribution < 1.29 is 0 Å². The summed E-state index contributed by atoms with van der Waals surface area (Å²) in [6.45, 7) is 4.63. The monoisotopic (exact) mass is 332 g/mol. The number of hydrogen-bond donors (Lipinski definition) is 1. The Labute approximate surface area is 148 Å². The summed E-state index contributed by atoms with van der Waals surface area (Å²) in [5, 5.41) is 1.74. The van der Waals surface area contributed by atoms with Gasteiger partial charge >= 0.3 is 0 Å². The number of nitrogens with one attached hydrogen (secondary N) is 1. The van der Waals surface area contributed by atoms with Crippen LogP contribution in [0.1, 0.15) is 26.2 Å². The molecule has 0 aliphatic carbocycles. The van der Waals surface area contributed by atoms with E-state index < -0.39 is 0 Å². The molecular formula is C22H24N2O. The fourth-order valence-corrected chi connectivity index (χ4v) is 3.89. The highest BCUT2D eigenvalue weighted by Crippen LogP contribution is 2.29. The fourth-order valence-electron chi connectivity index (χ4n) is 3.89. The Balaban J connectivity index is 1.69. The molecule has 1 unspecified atom stereocenters.